The molecule has 162 valence electrons. The summed E-state index contributed by atoms with van der Waals surface area (Å²) in [6.45, 7) is 2.21. The molecule has 0 atom stereocenters. The van der Waals surface area contributed by atoms with Crippen LogP contribution in [-0.2, 0) is 11.4 Å². The third-order valence-electron chi connectivity index (χ3n) is 4.59. The number of carbonyl (C=O) groups excluding carboxylic acids is 1. The molecule has 0 saturated heterocycles. The lowest BCUT2D eigenvalue weighted by Gasteiger charge is -2.14. The predicted molar refractivity (Wildman–Crippen MR) is 135 cm³/mol. The van der Waals surface area contributed by atoms with Crippen molar-refractivity contribution in [3.8, 4) is 17.6 Å². The number of ether oxygens (including phenoxy) is 2. The first-order valence-electron chi connectivity index (χ1n) is 9.65. The molecule has 0 fully saturated rings. The second kappa shape index (κ2) is 11.0. The van der Waals surface area contributed by atoms with Gasteiger partial charge < -0.3 is 14.8 Å². The number of amides is 1. The number of nitriles is 1. The Hall–Kier alpha value is -3.02. The van der Waals surface area contributed by atoms with Gasteiger partial charge in [-0.25, -0.2) is 0 Å². The molecule has 0 spiro atoms. The monoisotopic (exact) mass is 558 g/mol. The second-order valence-corrected chi connectivity index (χ2v) is 8.49. The Morgan fingerprint density at radius 3 is 2.66 bits per heavy atom. The van der Waals surface area contributed by atoms with Crippen LogP contribution in [0.2, 0.25) is 5.02 Å². The van der Waals surface area contributed by atoms with E-state index in [4.69, 9.17) is 21.1 Å². The smallest absolute Gasteiger partial charge is 0.266 e. The normalized spacial score (nSPS) is 10.9. The summed E-state index contributed by atoms with van der Waals surface area (Å²) in [4.78, 5) is 12.6. The number of methoxy groups -OCH3 is 1. The molecule has 0 aromatic heterocycles. The predicted octanol–water partition coefficient (Wildman–Crippen LogP) is 6.39. The van der Waals surface area contributed by atoms with Gasteiger partial charge >= 0.3 is 0 Å². The topological polar surface area (TPSA) is 71.3 Å². The maximum absolute atomic E-state index is 12.6. The number of nitrogens with zero attached hydrogens (tertiary/aromatic N) is 1. The molecule has 0 saturated carbocycles. The molecule has 1 amide bonds. The van der Waals surface area contributed by atoms with E-state index in [0.29, 0.717) is 34.4 Å². The average Bonchev–Trinajstić information content (AvgIpc) is 2.77. The molecule has 0 aliphatic rings. The highest BCUT2D eigenvalue weighted by Crippen LogP contribution is 2.35. The van der Waals surface area contributed by atoms with Crippen LogP contribution >= 0.6 is 34.2 Å². The summed E-state index contributed by atoms with van der Waals surface area (Å²) in [7, 11) is 1.54. The van der Waals surface area contributed by atoms with E-state index >= 15 is 0 Å². The van der Waals surface area contributed by atoms with Crippen LogP contribution in [0, 0.1) is 21.8 Å². The zero-order valence-electron chi connectivity index (χ0n) is 17.5. The highest BCUT2D eigenvalue weighted by molar-refractivity contribution is 14.1. The number of hydrogen-bond acceptors (Lipinski definition) is 4. The van der Waals surface area contributed by atoms with Crippen molar-refractivity contribution in [2.45, 2.75) is 13.5 Å². The zero-order chi connectivity index (χ0) is 23.1. The van der Waals surface area contributed by atoms with Gasteiger partial charge in [0.05, 0.1) is 10.7 Å². The van der Waals surface area contributed by atoms with Gasteiger partial charge in [-0.05, 0) is 82.6 Å². The molecule has 5 nitrogen and oxygen atoms in total. The summed E-state index contributed by atoms with van der Waals surface area (Å²) in [5, 5.41) is 13.0. The van der Waals surface area contributed by atoms with E-state index < -0.39 is 5.91 Å². The fourth-order valence-electron chi connectivity index (χ4n) is 2.96. The quantitative estimate of drug-likeness (QED) is 0.207. The third kappa shape index (κ3) is 6.02. The molecule has 3 aromatic rings. The minimum Gasteiger partial charge on any atom is -0.493 e. The maximum Gasteiger partial charge on any atom is 0.266 e. The molecule has 32 heavy (non-hydrogen) atoms. The van der Waals surface area contributed by atoms with E-state index in [1.54, 1.807) is 25.3 Å². The Kier molecular flexibility index (Phi) is 8.14. The molecule has 0 bridgehead atoms. The van der Waals surface area contributed by atoms with E-state index in [0.717, 1.165) is 14.7 Å². The minimum atomic E-state index is -0.475. The van der Waals surface area contributed by atoms with E-state index in [2.05, 4.69) is 27.9 Å². The van der Waals surface area contributed by atoms with Crippen molar-refractivity contribution in [1.82, 2.24) is 0 Å². The van der Waals surface area contributed by atoms with Gasteiger partial charge in [-0.15, -0.1) is 0 Å². The molecular formula is C25H20ClIN2O3. The summed E-state index contributed by atoms with van der Waals surface area (Å²) in [6.07, 6.45) is 1.53. The van der Waals surface area contributed by atoms with Crippen molar-refractivity contribution in [2.75, 3.05) is 12.4 Å². The summed E-state index contributed by atoms with van der Waals surface area (Å²) in [5.41, 5.74) is 3.14. The van der Waals surface area contributed by atoms with Gasteiger partial charge in [0.2, 0.25) is 0 Å². The van der Waals surface area contributed by atoms with Gasteiger partial charge in [-0.3, -0.25) is 4.79 Å². The molecule has 0 aliphatic heterocycles. The highest BCUT2D eigenvalue weighted by Gasteiger charge is 2.15. The molecule has 7 heteroatoms. The second-order valence-electron chi connectivity index (χ2n) is 6.89. The Bertz CT molecular complexity index is 1220. The first-order valence-corrected chi connectivity index (χ1v) is 11.1. The molecule has 3 aromatic carbocycles. The largest absolute Gasteiger partial charge is 0.493 e. The van der Waals surface area contributed by atoms with Crippen molar-refractivity contribution in [2.24, 2.45) is 0 Å². The first-order chi connectivity index (χ1) is 15.4. The van der Waals surface area contributed by atoms with Gasteiger partial charge in [0, 0.05) is 10.7 Å². The number of aryl methyl sites for hydroxylation is 1. The Balaban J connectivity index is 1.83. The molecular weight excluding hydrogens is 539 g/mol. The summed E-state index contributed by atoms with van der Waals surface area (Å²) >= 11 is 8.18. The van der Waals surface area contributed by atoms with Gasteiger partial charge in [-0.2, -0.15) is 5.26 Å². The van der Waals surface area contributed by atoms with Gasteiger partial charge in [-0.1, -0.05) is 41.9 Å². The van der Waals surface area contributed by atoms with E-state index in [1.165, 1.54) is 6.08 Å². The maximum atomic E-state index is 12.6. The number of benzene rings is 3. The van der Waals surface area contributed by atoms with Crippen LogP contribution in [-0.4, -0.2) is 13.0 Å². The number of carbonyl (C=O) groups is 1. The summed E-state index contributed by atoms with van der Waals surface area (Å²) in [6, 6.07) is 20.4. The molecule has 1 N–H and O–H groups in total. The third-order valence-corrected chi connectivity index (χ3v) is 5.63. The standard InChI is InChI=1S/C25H20ClIN2O3/c1-16-6-3-4-9-22(16)29-25(30)19(14-28)10-18-12-21(27)24(23(13-18)31-2)32-15-17-7-5-8-20(26)11-17/h3-13H,15H2,1-2H3,(H,29,30)/b19-10+. The molecule has 0 unspecified atom stereocenters. The van der Waals surface area contributed by atoms with Crippen molar-refractivity contribution < 1.29 is 14.3 Å². The number of halogens is 2. The van der Waals surface area contributed by atoms with E-state index in [9.17, 15) is 10.1 Å². The molecule has 0 radical (unpaired) electrons. The van der Waals surface area contributed by atoms with Crippen LogP contribution in [0.5, 0.6) is 11.5 Å². The van der Waals surface area contributed by atoms with Crippen LogP contribution in [0.15, 0.2) is 66.2 Å². The summed E-state index contributed by atoms with van der Waals surface area (Å²) < 4.78 is 12.3. The molecule has 0 aliphatic carbocycles. The lowest BCUT2D eigenvalue weighted by Crippen LogP contribution is -2.14. The SMILES string of the molecule is COc1cc(/C=C(\C#N)C(=O)Nc2ccccc2C)cc(I)c1OCc1cccc(Cl)c1. The van der Waals surface area contributed by atoms with Crippen molar-refractivity contribution in [1.29, 1.82) is 5.26 Å². The van der Waals surface area contributed by atoms with E-state index in [-0.39, 0.29) is 5.57 Å². The number of rotatable bonds is 7. The Morgan fingerprint density at radius 1 is 1.19 bits per heavy atom. The highest BCUT2D eigenvalue weighted by atomic mass is 127. The lowest BCUT2D eigenvalue weighted by atomic mass is 10.1. The van der Waals surface area contributed by atoms with Crippen molar-refractivity contribution >= 4 is 51.9 Å². The van der Waals surface area contributed by atoms with Crippen molar-refractivity contribution in [3.63, 3.8) is 0 Å². The van der Waals surface area contributed by atoms with Gasteiger partial charge in [0.25, 0.3) is 5.91 Å². The molecule has 3 rings (SSSR count). The van der Waals surface area contributed by atoms with Gasteiger partial charge in [0.15, 0.2) is 11.5 Å². The van der Waals surface area contributed by atoms with Crippen LogP contribution in [0.3, 0.4) is 0 Å². The van der Waals surface area contributed by atoms with Crippen LogP contribution in [0.25, 0.3) is 6.08 Å². The fourth-order valence-corrected chi connectivity index (χ4v) is 3.96. The molecule has 0 heterocycles. The zero-order valence-corrected chi connectivity index (χ0v) is 20.4. The fraction of sp³-hybridized carbons (Fsp3) is 0.120. The number of anilines is 1. The lowest BCUT2D eigenvalue weighted by molar-refractivity contribution is -0.112. The van der Waals surface area contributed by atoms with Crippen LogP contribution < -0.4 is 14.8 Å². The van der Waals surface area contributed by atoms with Crippen molar-refractivity contribution in [3.05, 3.63) is 91.5 Å². The first kappa shape index (κ1) is 23.6. The van der Waals surface area contributed by atoms with Crippen LogP contribution in [0.4, 0.5) is 5.69 Å². The van der Waals surface area contributed by atoms with Gasteiger partial charge in [0.1, 0.15) is 18.2 Å². The minimum absolute atomic E-state index is 0.0151. The van der Waals surface area contributed by atoms with E-state index in [1.807, 2.05) is 55.5 Å². The number of hydrogen-bond donors (Lipinski definition) is 1. The van der Waals surface area contributed by atoms with Crippen LogP contribution in [0.1, 0.15) is 16.7 Å². The number of para-hydroxylation sites is 1. The Labute approximate surface area is 205 Å². The Morgan fingerprint density at radius 2 is 1.97 bits per heavy atom. The summed E-state index contributed by atoms with van der Waals surface area (Å²) in [5.74, 6) is 0.604. The number of nitrogens with one attached hydrogen (secondary N) is 1. The average molecular weight is 559 g/mol.